The monoisotopic (exact) mass is 290 g/mol. The molecule has 1 aliphatic heterocycles. The van der Waals surface area contributed by atoms with Crippen molar-refractivity contribution in [3.8, 4) is 0 Å². The molecule has 2 rings (SSSR count). The fraction of sp³-hybridized carbons (Fsp3) is 0.500. The first kappa shape index (κ1) is 15.5. The van der Waals surface area contributed by atoms with Crippen molar-refractivity contribution < 1.29 is 14.7 Å². The van der Waals surface area contributed by atoms with E-state index >= 15 is 0 Å². The van der Waals surface area contributed by atoms with Gasteiger partial charge in [0.05, 0.1) is 12.0 Å². The second kappa shape index (κ2) is 6.72. The zero-order valence-corrected chi connectivity index (χ0v) is 12.5. The number of hydrogen-bond acceptors (Lipinski definition) is 3. The standard InChI is InChI=1S/C16H22N2O3/c1-3-18(10-11(2)16(20)21)15(19)14-8-12-6-4-5-7-13(12)9-17-14/h4-7,11,14,17H,3,8-10H2,1-2H3,(H,20,21)/t11?,14-/m1/s1. The molecule has 0 saturated carbocycles. The second-order valence-electron chi connectivity index (χ2n) is 5.52. The molecule has 1 unspecified atom stereocenters. The summed E-state index contributed by atoms with van der Waals surface area (Å²) in [4.78, 5) is 25.2. The Morgan fingerprint density at radius 1 is 1.38 bits per heavy atom. The van der Waals surface area contributed by atoms with E-state index in [1.54, 1.807) is 11.8 Å². The second-order valence-corrected chi connectivity index (χ2v) is 5.52. The van der Waals surface area contributed by atoms with Crippen LogP contribution in [0.3, 0.4) is 0 Å². The quantitative estimate of drug-likeness (QED) is 0.857. The van der Waals surface area contributed by atoms with Gasteiger partial charge in [-0.15, -0.1) is 0 Å². The molecule has 1 aliphatic rings. The normalized spacial score (nSPS) is 18.7. The fourth-order valence-electron chi connectivity index (χ4n) is 2.63. The Labute approximate surface area is 125 Å². The van der Waals surface area contributed by atoms with E-state index in [1.165, 1.54) is 11.1 Å². The molecule has 5 nitrogen and oxygen atoms in total. The van der Waals surface area contributed by atoms with Crippen molar-refractivity contribution in [2.75, 3.05) is 13.1 Å². The number of benzene rings is 1. The minimum atomic E-state index is -0.872. The van der Waals surface area contributed by atoms with Crippen LogP contribution in [-0.2, 0) is 22.6 Å². The third kappa shape index (κ3) is 3.61. The maximum atomic E-state index is 12.6. The summed E-state index contributed by atoms with van der Waals surface area (Å²) in [5.74, 6) is -1.44. The van der Waals surface area contributed by atoms with Crippen molar-refractivity contribution >= 4 is 11.9 Å². The van der Waals surface area contributed by atoms with Gasteiger partial charge < -0.3 is 15.3 Å². The van der Waals surface area contributed by atoms with E-state index in [2.05, 4.69) is 11.4 Å². The van der Waals surface area contributed by atoms with Crippen LogP contribution in [0.15, 0.2) is 24.3 Å². The summed E-state index contributed by atoms with van der Waals surface area (Å²) >= 11 is 0. The number of nitrogens with zero attached hydrogens (tertiary/aromatic N) is 1. The Morgan fingerprint density at radius 3 is 2.67 bits per heavy atom. The molecule has 0 aromatic heterocycles. The Bertz CT molecular complexity index is 530. The van der Waals surface area contributed by atoms with E-state index < -0.39 is 11.9 Å². The summed E-state index contributed by atoms with van der Waals surface area (Å²) in [5, 5.41) is 12.2. The molecule has 0 bridgehead atoms. The highest BCUT2D eigenvalue weighted by Gasteiger charge is 2.28. The van der Waals surface area contributed by atoms with Gasteiger partial charge in [0.25, 0.3) is 0 Å². The third-order valence-corrected chi connectivity index (χ3v) is 3.99. The van der Waals surface area contributed by atoms with Crippen LogP contribution in [0.25, 0.3) is 0 Å². The van der Waals surface area contributed by atoms with Crippen molar-refractivity contribution in [2.24, 2.45) is 5.92 Å². The smallest absolute Gasteiger partial charge is 0.308 e. The highest BCUT2D eigenvalue weighted by molar-refractivity contribution is 5.83. The molecule has 1 amide bonds. The van der Waals surface area contributed by atoms with Crippen molar-refractivity contribution in [1.82, 2.24) is 10.2 Å². The summed E-state index contributed by atoms with van der Waals surface area (Å²) in [6.45, 7) is 4.96. The Hall–Kier alpha value is -1.88. The average Bonchev–Trinajstić information content (AvgIpc) is 2.51. The number of carbonyl (C=O) groups is 2. The molecule has 5 heteroatoms. The maximum Gasteiger partial charge on any atom is 0.308 e. The van der Waals surface area contributed by atoms with Crippen LogP contribution in [0.1, 0.15) is 25.0 Å². The number of amides is 1. The van der Waals surface area contributed by atoms with E-state index in [9.17, 15) is 9.59 Å². The number of likely N-dealkylation sites (N-methyl/N-ethyl adjacent to an activating group) is 1. The summed E-state index contributed by atoms with van der Waals surface area (Å²) in [7, 11) is 0. The van der Waals surface area contributed by atoms with Gasteiger partial charge in [0.2, 0.25) is 5.91 Å². The number of carboxylic acid groups (broad SMARTS) is 1. The van der Waals surface area contributed by atoms with Gasteiger partial charge in [-0.2, -0.15) is 0 Å². The number of rotatable bonds is 5. The minimum Gasteiger partial charge on any atom is -0.481 e. The summed E-state index contributed by atoms with van der Waals surface area (Å²) < 4.78 is 0. The lowest BCUT2D eigenvalue weighted by atomic mass is 9.95. The van der Waals surface area contributed by atoms with E-state index in [-0.39, 0.29) is 18.5 Å². The molecule has 0 radical (unpaired) electrons. The average molecular weight is 290 g/mol. The number of carboxylic acids is 1. The SMILES string of the molecule is CCN(CC(C)C(=O)O)C(=O)[C@H]1Cc2ccccc2CN1. The van der Waals surface area contributed by atoms with Gasteiger partial charge in [-0.05, 0) is 24.5 Å². The summed E-state index contributed by atoms with van der Waals surface area (Å²) in [6.07, 6.45) is 0.660. The van der Waals surface area contributed by atoms with Crippen molar-refractivity contribution in [3.63, 3.8) is 0 Å². The van der Waals surface area contributed by atoms with Gasteiger partial charge in [-0.3, -0.25) is 9.59 Å². The number of carbonyl (C=O) groups excluding carboxylic acids is 1. The van der Waals surface area contributed by atoms with Crippen LogP contribution in [-0.4, -0.2) is 41.0 Å². The molecule has 1 aromatic rings. The molecule has 2 atom stereocenters. The lowest BCUT2D eigenvalue weighted by Gasteiger charge is -2.31. The number of fused-ring (bicyclic) bond motifs is 1. The maximum absolute atomic E-state index is 12.6. The number of hydrogen-bond donors (Lipinski definition) is 2. The van der Waals surface area contributed by atoms with Crippen LogP contribution in [0.4, 0.5) is 0 Å². The molecule has 1 aromatic carbocycles. The van der Waals surface area contributed by atoms with E-state index in [4.69, 9.17) is 5.11 Å². The van der Waals surface area contributed by atoms with Gasteiger partial charge >= 0.3 is 5.97 Å². The molecule has 0 spiro atoms. The first-order chi connectivity index (χ1) is 10.0. The van der Waals surface area contributed by atoms with Gasteiger partial charge in [0.1, 0.15) is 0 Å². The van der Waals surface area contributed by atoms with Gasteiger partial charge in [-0.1, -0.05) is 31.2 Å². The molecular formula is C16H22N2O3. The van der Waals surface area contributed by atoms with Crippen LogP contribution < -0.4 is 5.32 Å². The molecule has 0 fully saturated rings. The van der Waals surface area contributed by atoms with Gasteiger partial charge in [0, 0.05) is 19.6 Å². The van der Waals surface area contributed by atoms with E-state index in [1.807, 2.05) is 25.1 Å². The predicted molar refractivity (Wildman–Crippen MR) is 79.8 cm³/mol. The minimum absolute atomic E-state index is 0.0138. The molecule has 0 aliphatic carbocycles. The largest absolute Gasteiger partial charge is 0.481 e. The van der Waals surface area contributed by atoms with Crippen LogP contribution in [0.2, 0.25) is 0 Å². The Morgan fingerprint density at radius 2 is 2.05 bits per heavy atom. The van der Waals surface area contributed by atoms with E-state index in [0.717, 1.165) is 0 Å². The fourth-order valence-corrected chi connectivity index (χ4v) is 2.63. The number of nitrogens with one attached hydrogen (secondary N) is 1. The highest BCUT2D eigenvalue weighted by atomic mass is 16.4. The van der Waals surface area contributed by atoms with Crippen molar-refractivity contribution in [1.29, 1.82) is 0 Å². The molecular weight excluding hydrogens is 268 g/mol. The Balaban J connectivity index is 2.04. The predicted octanol–water partition coefficient (Wildman–Crippen LogP) is 1.27. The summed E-state index contributed by atoms with van der Waals surface area (Å²) in [6, 6.07) is 7.83. The lowest BCUT2D eigenvalue weighted by Crippen LogP contribution is -2.50. The highest BCUT2D eigenvalue weighted by Crippen LogP contribution is 2.17. The van der Waals surface area contributed by atoms with E-state index in [0.29, 0.717) is 19.5 Å². The molecule has 114 valence electrons. The van der Waals surface area contributed by atoms with Crippen molar-refractivity contribution in [3.05, 3.63) is 35.4 Å². The molecule has 0 saturated heterocycles. The van der Waals surface area contributed by atoms with Crippen LogP contribution in [0.5, 0.6) is 0 Å². The Kier molecular flexibility index (Phi) is 4.96. The third-order valence-electron chi connectivity index (χ3n) is 3.99. The van der Waals surface area contributed by atoms with Crippen LogP contribution in [0, 0.1) is 5.92 Å². The molecule has 1 heterocycles. The van der Waals surface area contributed by atoms with Crippen LogP contribution >= 0.6 is 0 Å². The lowest BCUT2D eigenvalue weighted by molar-refractivity contribution is -0.143. The first-order valence-corrected chi connectivity index (χ1v) is 7.34. The zero-order valence-electron chi connectivity index (χ0n) is 12.5. The summed E-state index contributed by atoms with van der Waals surface area (Å²) in [5.41, 5.74) is 2.42. The molecule has 21 heavy (non-hydrogen) atoms. The topological polar surface area (TPSA) is 69.6 Å². The van der Waals surface area contributed by atoms with Gasteiger partial charge in [0.15, 0.2) is 0 Å². The van der Waals surface area contributed by atoms with Gasteiger partial charge in [-0.25, -0.2) is 0 Å². The molecule has 2 N–H and O–H groups in total. The first-order valence-electron chi connectivity index (χ1n) is 7.34. The zero-order chi connectivity index (χ0) is 15.4. The number of aliphatic carboxylic acids is 1. The van der Waals surface area contributed by atoms with Crippen molar-refractivity contribution in [2.45, 2.75) is 32.9 Å².